The molecule has 0 amide bonds. The highest BCUT2D eigenvalue weighted by molar-refractivity contribution is 4.83. The van der Waals surface area contributed by atoms with Crippen molar-refractivity contribution < 1.29 is 9.47 Å². The fourth-order valence-corrected chi connectivity index (χ4v) is 2.86. The largest absolute Gasteiger partial charge is 0.379 e. The molecular weight excluding hydrogens is 216 g/mol. The van der Waals surface area contributed by atoms with Gasteiger partial charge in [-0.2, -0.15) is 0 Å². The molecule has 2 aliphatic heterocycles. The predicted octanol–water partition coefficient (Wildman–Crippen LogP) is 0.863. The van der Waals surface area contributed by atoms with Crippen LogP contribution in [0.2, 0.25) is 0 Å². The lowest BCUT2D eigenvalue weighted by atomic mass is 10.0. The smallest absolute Gasteiger partial charge is 0.0674 e. The van der Waals surface area contributed by atoms with Crippen molar-refractivity contribution in [1.82, 2.24) is 10.2 Å². The van der Waals surface area contributed by atoms with Gasteiger partial charge in [0.05, 0.1) is 25.9 Å². The summed E-state index contributed by atoms with van der Waals surface area (Å²) in [6.07, 6.45) is 1.53. The summed E-state index contributed by atoms with van der Waals surface area (Å²) in [7, 11) is 0. The van der Waals surface area contributed by atoms with Gasteiger partial charge in [-0.25, -0.2) is 0 Å². The van der Waals surface area contributed by atoms with E-state index in [1.165, 1.54) is 0 Å². The van der Waals surface area contributed by atoms with Gasteiger partial charge in [-0.3, -0.25) is 4.90 Å². The third kappa shape index (κ3) is 3.65. The van der Waals surface area contributed by atoms with Gasteiger partial charge < -0.3 is 14.8 Å². The molecule has 4 nitrogen and oxygen atoms in total. The van der Waals surface area contributed by atoms with Gasteiger partial charge in [-0.1, -0.05) is 0 Å². The van der Waals surface area contributed by atoms with Crippen molar-refractivity contribution in [2.24, 2.45) is 0 Å². The number of nitrogens with one attached hydrogen (secondary N) is 1. The molecule has 0 aromatic rings. The molecule has 0 saturated carbocycles. The first-order valence-electron chi connectivity index (χ1n) is 6.85. The Morgan fingerprint density at radius 2 is 2.18 bits per heavy atom. The van der Waals surface area contributed by atoms with Crippen LogP contribution >= 0.6 is 0 Å². The van der Waals surface area contributed by atoms with Crippen molar-refractivity contribution in [2.45, 2.75) is 51.4 Å². The van der Waals surface area contributed by atoms with Crippen LogP contribution in [-0.2, 0) is 9.47 Å². The minimum atomic E-state index is 0.365. The van der Waals surface area contributed by atoms with Gasteiger partial charge in [0.25, 0.3) is 0 Å². The molecule has 0 spiro atoms. The van der Waals surface area contributed by atoms with Gasteiger partial charge >= 0.3 is 0 Å². The van der Waals surface area contributed by atoms with Crippen LogP contribution in [0.4, 0.5) is 0 Å². The molecule has 2 aliphatic rings. The molecule has 100 valence electrons. The Hall–Kier alpha value is -0.160. The molecule has 4 unspecified atom stereocenters. The number of rotatable bonds is 3. The Kier molecular flexibility index (Phi) is 4.79. The second-order valence-corrected chi connectivity index (χ2v) is 5.50. The van der Waals surface area contributed by atoms with Crippen molar-refractivity contribution in [2.75, 3.05) is 32.9 Å². The molecule has 2 rings (SSSR count). The number of hydrogen-bond acceptors (Lipinski definition) is 4. The molecule has 2 saturated heterocycles. The fourth-order valence-electron chi connectivity index (χ4n) is 2.86. The summed E-state index contributed by atoms with van der Waals surface area (Å²) < 4.78 is 11.2. The molecule has 1 N–H and O–H groups in total. The van der Waals surface area contributed by atoms with Crippen LogP contribution in [0.5, 0.6) is 0 Å². The molecule has 2 fully saturated rings. The third-order valence-corrected chi connectivity index (χ3v) is 3.85. The van der Waals surface area contributed by atoms with E-state index >= 15 is 0 Å². The van der Waals surface area contributed by atoms with Crippen molar-refractivity contribution in [3.05, 3.63) is 0 Å². The zero-order valence-corrected chi connectivity index (χ0v) is 11.3. The molecule has 2 heterocycles. The first-order chi connectivity index (χ1) is 8.16. The Morgan fingerprint density at radius 3 is 2.88 bits per heavy atom. The Morgan fingerprint density at radius 1 is 1.35 bits per heavy atom. The summed E-state index contributed by atoms with van der Waals surface area (Å²) in [6.45, 7) is 11.4. The van der Waals surface area contributed by atoms with Crippen LogP contribution in [0.15, 0.2) is 0 Å². The van der Waals surface area contributed by atoms with Crippen LogP contribution in [0, 0.1) is 0 Å². The van der Waals surface area contributed by atoms with Crippen molar-refractivity contribution in [3.8, 4) is 0 Å². The van der Waals surface area contributed by atoms with Gasteiger partial charge in [0, 0.05) is 31.2 Å². The van der Waals surface area contributed by atoms with E-state index in [1.54, 1.807) is 0 Å². The minimum absolute atomic E-state index is 0.365. The van der Waals surface area contributed by atoms with E-state index < -0.39 is 0 Å². The van der Waals surface area contributed by atoms with E-state index in [4.69, 9.17) is 9.47 Å². The van der Waals surface area contributed by atoms with E-state index in [9.17, 15) is 0 Å². The van der Waals surface area contributed by atoms with Crippen molar-refractivity contribution in [3.63, 3.8) is 0 Å². The normalized spacial score (nSPS) is 37.9. The van der Waals surface area contributed by atoms with Crippen LogP contribution in [0.3, 0.4) is 0 Å². The molecule has 17 heavy (non-hydrogen) atoms. The van der Waals surface area contributed by atoms with Crippen LogP contribution in [-0.4, -0.2) is 62.0 Å². The molecular formula is C13H26N2O2. The second kappa shape index (κ2) is 6.14. The quantitative estimate of drug-likeness (QED) is 0.796. The fraction of sp³-hybridized carbons (Fsp3) is 1.00. The Bertz CT molecular complexity index is 231. The molecule has 0 bridgehead atoms. The molecule has 0 aliphatic carbocycles. The lowest BCUT2D eigenvalue weighted by Gasteiger charge is -2.42. The summed E-state index contributed by atoms with van der Waals surface area (Å²) in [6, 6.07) is 1.64. The lowest BCUT2D eigenvalue weighted by Crippen LogP contribution is -2.53. The van der Waals surface area contributed by atoms with Gasteiger partial charge in [-0.05, 0) is 27.2 Å². The van der Waals surface area contributed by atoms with Crippen LogP contribution < -0.4 is 5.32 Å². The highest BCUT2D eigenvalue weighted by Gasteiger charge is 2.29. The molecule has 0 aromatic heterocycles. The standard InChI is InChI=1S/C13H26N2O2/c1-10(6-13-9-16-5-4-14-13)15-7-12(3)17-8-11(15)2/h10-14H,4-9H2,1-3H3. The predicted molar refractivity (Wildman–Crippen MR) is 68.3 cm³/mol. The second-order valence-electron chi connectivity index (χ2n) is 5.50. The zero-order chi connectivity index (χ0) is 12.3. The topological polar surface area (TPSA) is 33.7 Å². The Labute approximate surface area is 105 Å². The zero-order valence-electron chi connectivity index (χ0n) is 11.3. The van der Waals surface area contributed by atoms with E-state index in [2.05, 4.69) is 31.0 Å². The van der Waals surface area contributed by atoms with E-state index in [-0.39, 0.29) is 0 Å². The minimum Gasteiger partial charge on any atom is -0.379 e. The summed E-state index contributed by atoms with van der Waals surface area (Å²) in [5, 5.41) is 3.53. The highest BCUT2D eigenvalue weighted by atomic mass is 16.5. The monoisotopic (exact) mass is 242 g/mol. The highest BCUT2D eigenvalue weighted by Crippen LogP contribution is 2.18. The summed E-state index contributed by atoms with van der Waals surface area (Å²) in [5.74, 6) is 0. The van der Waals surface area contributed by atoms with Gasteiger partial charge in [0.1, 0.15) is 0 Å². The van der Waals surface area contributed by atoms with E-state index in [1.807, 2.05) is 0 Å². The maximum absolute atomic E-state index is 5.68. The number of hydrogen-bond donors (Lipinski definition) is 1. The summed E-state index contributed by atoms with van der Waals surface area (Å²) >= 11 is 0. The van der Waals surface area contributed by atoms with Crippen LogP contribution in [0.25, 0.3) is 0 Å². The van der Waals surface area contributed by atoms with Gasteiger partial charge in [0.15, 0.2) is 0 Å². The molecule has 4 heteroatoms. The Balaban J connectivity index is 1.82. The average Bonchev–Trinajstić information content (AvgIpc) is 2.33. The third-order valence-electron chi connectivity index (χ3n) is 3.85. The maximum Gasteiger partial charge on any atom is 0.0674 e. The SMILES string of the molecule is CC1CN(C(C)CC2COCCN2)C(C)CO1. The van der Waals surface area contributed by atoms with Crippen LogP contribution in [0.1, 0.15) is 27.2 Å². The van der Waals surface area contributed by atoms with Crippen molar-refractivity contribution >= 4 is 0 Å². The van der Waals surface area contributed by atoms with Crippen molar-refractivity contribution in [1.29, 1.82) is 0 Å². The summed E-state index contributed by atoms with van der Waals surface area (Å²) in [4.78, 5) is 2.57. The number of nitrogens with zero attached hydrogens (tertiary/aromatic N) is 1. The summed E-state index contributed by atoms with van der Waals surface area (Å²) in [5.41, 5.74) is 0. The lowest BCUT2D eigenvalue weighted by molar-refractivity contribution is -0.0674. The average molecular weight is 242 g/mol. The molecule has 0 radical (unpaired) electrons. The number of ether oxygens (including phenoxy) is 2. The first-order valence-corrected chi connectivity index (χ1v) is 6.85. The maximum atomic E-state index is 5.68. The molecule has 4 atom stereocenters. The number of morpholine rings is 2. The van der Waals surface area contributed by atoms with E-state index in [0.29, 0.717) is 24.2 Å². The van der Waals surface area contributed by atoms with Gasteiger partial charge in [-0.15, -0.1) is 0 Å². The van der Waals surface area contributed by atoms with E-state index in [0.717, 1.165) is 39.3 Å². The first kappa shape index (κ1) is 13.3. The van der Waals surface area contributed by atoms with Gasteiger partial charge in [0.2, 0.25) is 0 Å². The molecule has 0 aromatic carbocycles.